The molecule has 1 rings (SSSR count). The number of methoxy groups -OCH3 is 2. The summed E-state index contributed by atoms with van der Waals surface area (Å²) >= 11 is 0. The maximum Gasteiger partial charge on any atom is 0.176 e. The topological polar surface area (TPSA) is 60.0 Å². The van der Waals surface area contributed by atoms with Crippen molar-refractivity contribution in [3.05, 3.63) is 23.8 Å². The molecule has 108 valence electrons. The number of hydrogen-bond acceptors (Lipinski definition) is 5. The second-order valence-corrected chi connectivity index (χ2v) is 4.19. The van der Waals surface area contributed by atoms with E-state index in [0.717, 1.165) is 11.3 Å². The molecule has 0 aromatic heterocycles. The molecule has 0 aliphatic heterocycles. The summed E-state index contributed by atoms with van der Waals surface area (Å²) < 4.78 is 15.8. The van der Waals surface area contributed by atoms with Crippen LogP contribution in [-0.4, -0.2) is 38.3 Å². The number of benzene rings is 1. The van der Waals surface area contributed by atoms with Gasteiger partial charge >= 0.3 is 0 Å². The maximum absolute atomic E-state index is 9.35. The van der Waals surface area contributed by atoms with Crippen molar-refractivity contribution >= 4 is 5.69 Å². The first kappa shape index (κ1) is 15.8. The van der Waals surface area contributed by atoms with Gasteiger partial charge in [0.1, 0.15) is 5.75 Å². The van der Waals surface area contributed by atoms with Gasteiger partial charge in [0.25, 0.3) is 0 Å². The number of nitrogens with one attached hydrogen (secondary N) is 1. The Morgan fingerprint density at radius 1 is 1.26 bits per heavy atom. The third-order valence-electron chi connectivity index (χ3n) is 2.80. The summed E-state index contributed by atoms with van der Waals surface area (Å²) in [4.78, 5) is 0. The van der Waals surface area contributed by atoms with E-state index < -0.39 is 0 Å². The molecule has 0 aliphatic carbocycles. The minimum atomic E-state index is -0.329. The molecular weight excluding hydrogens is 246 g/mol. The van der Waals surface area contributed by atoms with Crippen molar-refractivity contribution in [1.29, 1.82) is 0 Å². The van der Waals surface area contributed by atoms with E-state index >= 15 is 0 Å². The highest BCUT2D eigenvalue weighted by Crippen LogP contribution is 2.24. The second kappa shape index (κ2) is 7.99. The van der Waals surface area contributed by atoms with Crippen LogP contribution in [0, 0.1) is 0 Å². The zero-order valence-corrected chi connectivity index (χ0v) is 12.0. The molecule has 2 N–H and O–H groups in total. The van der Waals surface area contributed by atoms with Crippen molar-refractivity contribution in [2.75, 3.05) is 26.1 Å². The van der Waals surface area contributed by atoms with Crippen LogP contribution in [0.3, 0.4) is 0 Å². The van der Waals surface area contributed by atoms with E-state index in [4.69, 9.17) is 14.2 Å². The van der Waals surface area contributed by atoms with Gasteiger partial charge in [-0.15, -0.1) is 0 Å². The average Bonchev–Trinajstić information content (AvgIpc) is 2.42. The van der Waals surface area contributed by atoms with Gasteiger partial charge in [0.15, 0.2) is 6.29 Å². The van der Waals surface area contributed by atoms with Crippen molar-refractivity contribution in [1.82, 2.24) is 0 Å². The molecule has 0 amide bonds. The van der Waals surface area contributed by atoms with Gasteiger partial charge in [-0.25, -0.2) is 0 Å². The summed E-state index contributed by atoms with van der Waals surface area (Å²) in [7, 11) is 3.20. The molecule has 0 fully saturated rings. The molecule has 1 unspecified atom stereocenters. The van der Waals surface area contributed by atoms with E-state index in [0.29, 0.717) is 12.4 Å². The van der Waals surface area contributed by atoms with E-state index in [-0.39, 0.29) is 18.9 Å². The van der Waals surface area contributed by atoms with E-state index in [1.807, 2.05) is 32.0 Å². The van der Waals surface area contributed by atoms with Gasteiger partial charge in [-0.05, 0) is 32.0 Å². The lowest BCUT2D eigenvalue weighted by atomic mass is 10.1. The molecule has 0 saturated carbocycles. The highest BCUT2D eigenvalue weighted by atomic mass is 16.7. The van der Waals surface area contributed by atoms with Crippen molar-refractivity contribution < 1.29 is 19.3 Å². The fourth-order valence-electron chi connectivity index (χ4n) is 1.92. The van der Waals surface area contributed by atoms with Crippen molar-refractivity contribution in [2.24, 2.45) is 0 Å². The Bertz CT molecular complexity index is 380. The van der Waals surface area contributed by atoms with Crippen LogP contribution in [-0.2, 0) is 16.1 Å². The zero-order chi connectivity index (χ0) is 14.3. The summed E-state index contributed by atoms with van der Waals surface area (Å²) in [6.45, 7) is 4.40. The first-order valence-electron chi connectivity index (χ1n) is 6.34. The number of rotatable bonds is 8. The molecule has 5 heteroatoms. The fourth-order valence-corrected chi connectivity index (χ4v) is 1.92. The molecule has 1 aromatic rings. The van der Waals surface area contributed by atoms with Crippen LogP contribution >= 0.6 is 0 Å². The van der Waals surface area contributed by atoms with Crippen LogP contribution < -0.4 is 10.1 Å². The van der Waals surface area contributed by atoms with Gasteiger partial charge in [0.05, 0.1) is 19.3 Å². The first-order chi connectivity index (χ1) is 9.15. The highest BCUT2D eigenvalue weighted by molar-refractivity contribution is 5.51. The first-order valence-corrected chi connectivity index (χ1v) is 6.34. The molecule has 0 heterocycles. The van der Waals surface area contributed by atoms with Gasteiger partial charge in [-0.2, -0.15) is 0 Å². The Morgan fingerprint density at radius 3 is 2.47 bits per heavy atom. The van der Waals surface area contributed by atoms with Crippen LogP contribution in [0.5, 0.6) is 5.75 Å². The third-order valence-corrected chi connectivity index (χ3v) is 2.80. The minimum Gasteiger partial charge on any atom is -0.494 e. The summed E-state index contributed by atoms with van der Waals surface area (Å²) in [5, 5.41) is 12.6. The predicted octanol–water partition coefficient (Wildman–Crippen LogP) is 2.00. The van der Waals surface area contributed by atoms with Gasteiger partial charge in [0.2, 0.25) is 0 Å². The van der Waals surface area contributed by atoms with Gasteiger partial charge in [-0.1, -0.05) is 0 Å². The van der Waals surface area contributed by atoms with Crippen LogP contribution in [0.15, 0.2) is 18.2 Å². The Hall–Kier alpha value is -1.30. The fraction of sp³-hybridized carbons (Fsp3) is 0.571. The average molecular weight is 269 g/mol. The molecule has 0 aliphatic rings. The number of anilines is 1. The minimum absolute atomic E-state index is 0.0144. The lowest BCUT2D eigenvalue weighted by molar-refractivity contribution is -0.109. The van der Waals surface area contributed by atoms with E-state index in [2.05, 4.69) is 5.32 Å². The Kier molecular flexibility index (Phi) is 6.62. The third kappa shape index (κ3) is 4.38. The van der Waals surface area contributed by atoms with Crippen LogP contribution in [0.2, 0.25) is 0 Å². The molecule has 0 radical (unpaired) electrons. The normalized spacial score (nSPS) is 12.5. The van der Waals surface area contributed by atoms with E-state index in [1.54, 1.807) is 14.2 Å². The molecule has 0 spiro atoms. The number of aliphatic hydroxyl groups is 1. The number of hydrogen-bond donors (Lipinski definition) is 2. The van der Waals surface area contributed by atoms with Gasteiger partial charge < -0.3 is 24.6 Å². The summed E-state index contributed by atoms with van der Waals surface area (Å²) in [5.74, 6) is 0.707. The Balaban J connectivity index is 2.79. The largest absolute Gasteiger partial charge is 0.494 e. The molecule has 5 nitrogen and oxygen atoms in total. The molecule has 0 bridgehead atoms. The van der Waals surface area contributed by atoms with Crippen molar-refractivity contribution in [3.8, 4) is 5.75 Å². The van der Waals surface area contributed by atoms with Crippen LogP contribution in [0.25, 0.3) is 0 Å². The predicted molar refractivity (Wildman–Crippen MR) is 74.4 cm³/mol. The van der Waals surface area contributed by atoms with E-state index in [1.165, 1.54) is 0 Å². The lowest BCUT2D eigenvalue weighted by Crippen LogP contribution is -2.33. The molecule has 0 saturated heterocycles. The summed E-state index contributed by atoms with van der Waals surface area (Å²) in [6.07, 6.45) is -0.329. The standard InChI is InChI=1S/C14H23NO4/c1-5-19-13-7-6-12(8-11(13)9-16)15-10(2)14(17-3)18-4/h6-8,10,14-16H,5,9H2,1-4H3. The molecular formula is C14H23NO4. The van der Waals surface area contributed by atoms with E-state index in [9.17, 15) is 5.11 Å². The van der Waals surface area contributed by atoms with Crippen LogP contribution in [0.1, 0.15) is 19.4 Å². The quantitative estimate of drug-likeness (QED) is 0.707. The molecule has 19 heavy (non-hydrogen) atoms. The maximum atomic E-state index is 9.35. The summed E-state index contributed by atoms with van der Waals surface area (Å²) in [6, 6.07) is 5.60. The van der Waals surface area contributed by atoms with Gasteiger partial charge in [0, 0.05) is 25.5 Å². The Morgan fingerprint density at radius 2 is 1.95 bits per heavy atom. The van der Waals surface area contributed by atoms with Crippen molar-refractivity contribution in [3.63, 3.8) is 0 Å². The van der Waals surface area contributed by atoms with Crippen LogP contribution in [0.4, 0.5) is 5.69 Å². The van der Waals surface area contributed by atoms with Gasteiger partial charge in [-0.3, -0.25) is 0 Å². The smallest absolute Gasteiger partial charge is 0.176 e. The summed E-state index contributed by atoms with van der Waals surface area (Å²) in [5.41, 5.74) is 1.64. The lowest BCUT2D eigenvalue weighted by Gasteiger charge is -2.23. The molecule has 1 aromatic carbocycles. The Labute approximate surface area is 114 Å². The zero-order valence-electron chi connectivity index (χ0n) is 12.0. The highest BCUT2D eigenvalue weighted by Gasteiger charge is 2.15. The number of aliphatic hydroxyl groups excluding tert-OH is 1. The molecule has 1 atom stereocenters. The number of ether oxygens (including phenoxy) is 3. The monoisotopic (exact) mass is 269 g/mol. The van der Waals surface area contributed by atoms with Crippen molar-refractivity contribution in [2.45, 2.75) is 32.8 Å². The SMILES string of the molecule is CCOc1ccc(NC(C)C(OC)OC)cc1CO. The second-order valence-electron chi connectivity index (χ2n) is 4.19.